The van der Waals surface area contributed by atoms with E-state index in [9.17, 15) is 9.59 Å². The van der Waals surface area contributed by atoms with Crippen molar-refractivity contribution in [2.24, 2.45) is 5.41 Å². The van der Waals surface area contributed by atoms with E-state index in [1.165, 1.54) is 4.90 Å². The summed E-state index contributed by atoms with van der Waals surface area (Å²) in [6.45, 7) is 14.1. The van der Waals surface area contributed by atoms with Crippen LogP contribution in [0.2, 0.25) is 0 Å². The Kier molecular flexibility index (Phi) is 8.12. The molecule has 1 heterocycles. The topological polar surface area (TPSA) is 77.1 Å². The Morgan fingerprint density at radius 3 is 2.37 bits per heavy atom. The van der Waals surface area contributed by atoms with Gasteiger partial charge in [-0.1, -0.05) is 26.8 Å². The first-order valence-electron chi connectivity index (χ1n) is 10.6. The fourth-order valence-electron chi connectivity index (χ4n) is 2.98. The smallest absolute Gasteiger partial charge is 0.417 e. The Hall–Kier alpha value is -2.28. The van der Waals surface area contributed by atoms with Crippen LogP contribution < -0.4 is 14.8 Å². The lowest BCUT2D eigenvalue weighted by Crippen LogP contribution is -2.43. The van der Waals surface area contributed by atoms with Crippen LogP contribution in [-0.4, -0.2) is 48.8 Å². The van der Waals surface area contributed by atoms with Gasteiger partial charge in [-0.2, -0.15) is 0 Å². The fourth-order valence-corrected chi connectivity index (χ4v) is 2.98. The van der Waals surface area contributed by atoms with E-state index in [4.69, 9.17) is 14.2 Å². The molecule has 0 atom stereocenters. The number of hydrogen-bond donors (Lipinski definition) is 1. The number of imide groups is 1. The van der Waals surface area contributed by atoms with Crippen molar-refractivity contribution in [3.05, 3.63) is 23.8 Å². The predicted octanol–water partition coefficient (Wildman–Crippen LogP) is 4.14. The molecule has 1 aliphatic rings. The molecule has 1 aromatic carbocycles. The molecule has 7 nitrogen and oxygen atoms in total. The molecule has 0 saturated heterocycles. The third-order valence-electron chi connectivity index (χ3n) is 4.27. The predicted molar refractivity (Wildman–Crippen MR) is 116 cm³/mol. The first kappa shape index (κ1) is 24.0. The molecule has 0 aliphatic carbocycles. The second kappa shape index (κ2) is 10.2. The van der Waals surface area contributed by atoms with Gasteiger partial charge in [0.15, 0.2) is 11.5 Å². The average Bonchev–Trinajstić information content (AvgIpc) is 2.61. The number of rotatable bonds is 7. The van der Waals surface area contributed by atoms with Gasteiger partial charge in [0.25, 0.3) is 0 Å². The van der Waals surface area contributed by atoms with E-state index in [1.807, 2.05) is 39.0 Å². The maximum Gasteiger partial charge on any atom is 0.417 e. The molecule has 1 aliphatic heterocycles. The fraction of sp³-hybridized carbons (Fsp3) is 0.652. The summed E-state index contributed by atoms with van der Waals surface area (Å²) >= 11 is 0. The Morgan fingerprint density at radius 2 is 1.73 bits per heavy atom. The SMILES string of the molecule is CC(C)(C)CC(=O)N(CCCNCc1ccc2c(c1)OCCO2)C(=O)OC(C)(C)C. The summed E-state index contributed by atoms with van der Waals surface area (Å²) in [6.07, 6.45) is 0.347. The summed E-state index contributed by atoms with van der Waals surface area (Å²) in [5.41, 5.74) is 0.244. The number of amides is 2. The van der Waals surface area contributed by atoms with Gasteiger partial charge >= 0.3 is 6.09 Å². The van der Waals surface area contributed by atoms with Crippen LogP contribution in [0.3, 0.4) is 0 Å². The molecule has 0 spiro atoms. The Labute approximate surface area is 180 Å². The van der Waals surface area contributed by atoms with Crippen LogP contribution in [0.1, 0.15) is 59.9 Å². The van der Waals surface area contributed by atoms with E-state index >= 15 is 0 Å². The first-order chi connectivity index (χ1) is 13.9. The molecule has 2 amide bonds. The summed E-state index contributed by atoms with van der Waals surface area (Å²) in [6, 6.07) is 5.89. The summed E-state index contributed by atoms with van der Waals surface area (Å²) in [4.78, 5) is 26.5. The van der Waals surface area contributed by atoms with Crippen molar-refractivity contribution in [1.82, 2.24) is 10.2 Å². The van der Waals surface area contributed by atoms with Gasteiger partial charge < -0.3 is 19.5 Å². The minimum atomic E-state index is -0.645. The second-order valence-electron chi connectivity index (χ2n) is 9.77. The standard InChI is InChI=1S/C23H36N2O5/c1-22(2,3)15-20(26)25(21(27)30-23(4,5)6)11-7-10-24-16-17-8-9-18-19(14-17)29-13-12-28-18/h8-9,14,24H,7,10-13,15-16H2,1-6H3. The third-order valence-corrected chi connectivity index (χ3v) is 4.27. The monoisotopic (exact) mass is 420 g/mol. The van der Waals surface area contributed by atoms with Gasteiger partial charge in [0.1, 0.15) is 18.8 Å². The highest BCUT2D eigenvalue weighted by Crippen LogP contribution is 2.30. The minimum absolute atomic E-state index is 0.201. The van der Waals surface area contributed by atoms with Crippen molar-refractivity contribution in [1.29, 1.82) is 0 Å². The van der Waals surface area contributed by atoms with E-state index in [0.29, 0.717) is 39.3 Å². The number of fused-ring (bicyclic) bond motifs is 1. The van der Waals surface area contributed by atoms with Crippen molar-refractivity contribution in [2.75, 3.05) is 26.3 Å². The maximum atomic E-state index is 12.7. The van der Waals surface area contributed by atoms with E-state index in [1.54, 1.807) is 20.8 Å². The third kappa shape index (κ3) is 8.22. The Bertz CT molecular complexity index is 706. The quantitative estimate of drug-likeness (QED) is 0.668. The normalized spacial score (nSPS) is 13.7. The lowest BCUT2D eigenvalue weighted by Gasteiger charge is -2.28. The summed E-state index contributed by atoms with van der Waals surface area (Å²) in [5, 5.41) is 3.35. The minimum Gasteiger partial charge on any atom is -0.486 e. The van der Waals surface area contributed by atoms with E-state index in [0.717, 1.165) is 17.1 Å². The van der Waals surface area contributed by atoms with Gasteiger partial charge in [-0.25, -0.2) is 9.69 Å². The number of nitrogens with one attached hydrogen (secondary N) is 1. The maximum absolute atomic E-state index is 12.7. The number of ether oxygens (including phenoxy) is 3. The zero-order valence-corrected chi connectivity index (χ0v) is 19.2. The lowest BCUT2D eigenvalue weighted by molar-refractivity contribution is -0.132. The van der Waals surface area contributed by atoms with Crippen LogP contribution in [0.4, 0.5) is 4.79 Å². The van der Waals surface area contributed by atoms with Gasteiger partial charge in [-0.15, -0.1) is 0 Å². The van der Waals surface area contributed by atoms with Crippen molar-refractivity contribution >= 4 is 12.0 Å². The zero-order valence-electron chi connectivity index (χ0n) is 19.2. The van der Waals surface area contributed by atoms with Gasteiger partial charge in [-0.05, 0) is 56.8 Å². The van der Waals surface area contributed by atoms with E-state index in [-0.39, 0.29) is 17.7 Å². The molecule has 2 rings (SSSR count). The first-order valence-corrected chi connectivity index (χ1v) is 10.6. The summed E-state index contributed by atoms with van der Waals surface area (Å²) < 4.78 is 16.6. The molecule has 168 valence electrons. The highest BCUT2D eigenvalue weighted by molar-refractivity contribution is 5.92. The van der Waals surface area contributed by atoms with Gasteiger partial charge in [0.05, 0.1) is 0 Å². The van der Waals surface area contributed by atoms with Crippen molar-refractivity contribution in [3.63, 3.8) is 0 Å². The van der Waals surface area contributed by atoms with E-state index in [2.05, 4.69) is 5.32 Å². The molecule has 0 unspecified atom stereocenters. The van der Waals surface area contributed by atoms with Crippen LogP contribution in [0.5, 0.6) is 11.5 Å². The molecule has 1 N–H and O–H groups in total. The number of benzene rings is 1. The Balaban J connectivity index is 1.85. The zero-order chi connectivity index (χ0) is 22.4. The number of nitrogens with zero attached hydrogens (tertiary/aromatic N) is 1. The highest BCUT2D eigenvalue weighted by atomic mass is 16.6. The number of carbonyl (C=O) groups excluding carboxylic acids is 2. The molecular formula is C23H36N2O5. The van der Waals surface area contributed by atoms with Crippen molar-refractivity contribution in [2.45, 2.75) is 66.5 Å². The summed E-state index contributed by atoms with van der Waals surface area (Å²) in [7, 11) is 0. The molecule has 1 aromatic rings. The lowest BCUT2D eigenvalue weighted by atomic mass is 9.91. The molecule has 7 heteroatoms. The van der Waals surface area contributed by atoms with Crippen LogP contribution in [0.15, 0.2) is 18.2 Å². The molecule has 30 heavy (non-hydrogen) atoms. The number of carbonyl (C=O) groups is 2. The second-order valence-corrected chi connectivity index (χ2v) is 9.77. The van der Waals surface area contributed by atoms with E-state index < -0.39 is 11.7 Å². The summed E-state index contributed by atoms with van der Waals surface area (Å²) in [5.74, 6) is 1.34. The van der Waals surface area contributed by atoms with Crippen LogP contribution in [-0.2, 0) is 16.1 Å². The van der Waals surface area contributed by atoms with Crippen molar-refractivity contribution < 1.29 is 23.8 Å². The van der Waals surface area contributed by atoms with Gasteiger partial charge in [0, 0.05) is 19.5 Å². The van der Waals surface area contributed by atoms with Crippen molar-refractivity contribution in [3.8, 4) is 11.5 Å². The van der Waals surface area contributed by atoms with Crippen LogP contribution >= 0.6 is 0 Å². The number of hydrogen-bond acceptors (Lipinski definition) is 6. The molecule has 0 fully saturated rings. The largest absolute Gasteiger partial charge is 0.486 e. The Morgan fingerprint density at radius 1 is 1.07 bits per heavy atom. The van der Waals surface area contributed by atoms with Crippen LogP contribution in [0.25, 0.3) is 0 Å². The molecule has 0 aromatic heterocycles. The van der Waals surface area contributed by atoms with Gasteiger partial charge in [0.2, 0.25) is 5.91 Å². The molecule has 0 radical (unpaired) electrons. The highest BCUT2D eigenvalue weighted by Gasteiger charge is 2.29. The molecule has 0 bridgehead atoms. The molecular weight excluding hydrogens is 384 g/mol. The van der Waals surface area contributed by atoms with Crippen LogP contribution in [0, 0.1) is 5.41 Å². The average molecular weight is 421 g/mol. The van der Waals surface area contributed by atoms with Gasteiger partial charge in [-0.3, -0.25) is 4.79 Å². The molecule has 0 saturated carbocycles.